The van der Waals surface area contributed by atoms with E-state index < -0.39 is 0 Å². The van der Waals surface area contributed by atoms with Crippen molar-refractivity contribution in [3.63, 3.8) is 0 Å². The molecule has 6 heteroatoms. The number of rotatable bonds is 3. The molecule has 0 amide bonds. The first-order chi connectivity index (χ1) is 14.5. The van der Waals surface area contributed by atoms with Crippen LogP contribution in [-0.2, 0) is 19.0 Å². The van der Waals surface area contributed by atoms with E-state index in [9.17, 15) is 9.90 Å². The molecule has 0 saturated carbocycles. The normalized spacial score (nSPS) is 41.6. The van der Waals surface area contributed by atoms with Crippen LogP contribution in [0.25, 0.3) is 0 Å². The zero-order valence-corrected chi connectivity index (χ0v) is 18.4. The highest BCUT2D eigenvalue weighted by atomic mass is 16.6. The van der Waals surface area contributed by atoms with Gasteiger partial charge in [-0.05, 0) is 57.4 Å². The number of cyclic esters (lactones) is 1. The van der Waals surface area contributed by atoms with Crippen LogP contribution in [-0.4, -0.2) is 47.3 Å². The van der Waals surface area contributed by atoms with Crippen molar-refractivity contribution < 1.29 is 24.1 Å². The molecule has 0 radical (unpaired) electrons. The molecule has 7 atom stereocenters. The van der Waals surface area contributed by atoms with E-state index in [1.54, 1.807) is 14.0 Å². The summed E-state index contributed by atoms with van der Waals surface area (Å²) in [6, 6.07) is 1.06. The Morgan fingerprint density at radius 3 is 2.77 bits per heavy atom. The van der Waals surface area contributed by atoms with Gasteiger partial charge in [0.05, 0.1) is 18.8 Å². The van der Waals surface area contributed by atoms with Crippen LogP contribution in [0.4, 0.5) is 0 Å². The van der Waals surface area contributed by atoms with E-state index in [0.717, 1.165) is 31.4 Å². The molecular weight excluding hydrogens is 382 g/mol. The van der Waals surface area contributed by atoms with Crippen LogP contribution in [0, 0.1) is 17.8 Å². The van der Waals surface area contributed by atoms with E-state index >= 15 is 0 Å². The molecule has 30 heavy (non-hydrogen) atoms. The number of esters is 1. The maximum atomic E-state index is 12.2. The molecule has 1 N–H and O–H groups in total. The number of methoxy groups -OCH3 is 1. The van der Waals surface area contributed by atoms with Crippen LogP contribution in [0.1, 0.15) is 59.3 Å². The van der Waals surface area contributed by atoms with Crippen LogP contribution in [0.15, 0.2) is 34.7 Å². The first-order valence-electron chi connectivity index (χ1n) is 11.5. The predicted octanol–water partition coefficient (Wildman–Crippen LogP) is 3.63. The van der Waals surface area contributed by atoms with Crippen molar-refractivity contribution in [3.8, 4) is 0 Å². The minimum absolute atomic E-state index is 0.0803. The Kier molecular flexibility index (Phi) is 4.98. The molecule has 0 aliphatic carbocycles. The number of hydrogen-bond acceptors (Lipinski definition) is 6. The highest BCUT2D eigenvalue weighted by Gasteiger charge is 2.54. The van der Waals surface area contributed by atoms with E-state index in [2.05, 4.69) is 24.8 Å². The molecule has 3 saturated heterocycles. The molecule has 6 nitrogen and oxygen atoms in total. The van der Waals surface area contributed by atoms with E-state index in [0.29, 0.717) is 40.9 Å². The fraction of sp³-hybridized carbons (Fsp3) is 0.708. The molecule has 0 aromatic carbocycles. The van der Waals surface area contributed by atoms with Gasteiger partial charge in [-0.25, -0.2) is 4.79 Å². The molecule has 7 unspecified atom stereocenters. The number of fused-ring (bicyclic) bond motifs is 3. The Balaban J connectivity index is 1.54. The number of piperidine rings is 2. The lowest BCUT2D eigenvalue weighted by atomic mass is 9.70. The average molecular weight is 416 g/mol. The van der Waals surface area contributed by atoms with Gasteiger partial charge in [-0.2, -0.15) is 0 Å². The van der Waals surface area contributed by atoms with Crippen LogP contribution in [0.3, 0.4) is 0 Å². The molecule has 0 aromatic rings. The van der Waals surface area contributed by atoms with Crippen molar-refractivity contribution in [2.24, 2.45) is 17.8 Å². The Hall–Kier alpha value is -1.79. The summed E-state index contributed by atoms with van der Waals surface area (Å²) in [6.45, 7) is 5.98. The van der Waals surface area contributed by atoms with Gasteiger partial charge in [-0.3, -0.25) is 4.90 Å². The Morgan fingerprint density at radius 2 is 2.03 bits per heavy atom. The van der Waals surface area contributed by atoms with Gasteiger partial charge >= 0.3 is 5.97 Å². The second-order valence-corrected chi connectivity index (χ2v) is 9.55. The summed E-state index contributed by atoms with van der Waals surface area (Å²) >= 11 is 0. The summed E-state index contributed by atoms with van der Waals surface area (Å²) in [7, 11) is 1.56. The Bertz CT molecular complexity index is 843. The van der Waals surface area contributed by atoms with Gasteiger partial charge in [0.25, 0.3) is 0 Å². The fourth-order valence-electron chi connectivity index (χ4n) is 6.70. The third-order valence-corrected chi connectivity index (χ3v) is 8.14. The zero-order chi connectivity index (χ0) is 21.2. The predicted molar refractivity (Wildman–Crippen MR) is 111 cm³/mol. The minimum Gasteiger partial charge on any atom is -0.492 e. The van der Waals surface area contributed by atoms with E-state index in [1.807, 2.05) is 0 Å². The number of aliphatic hydroxyl groups is 1. The maximum absolute atomic E-state index is 12.2. The summed E-state index contributed by atoms with van der Waals surface area (Å²) in [5, 5.41) is 10.9. The van der Waals surface area contributed by atoms with Gasteiger partial charge in [0.2, 0.25) is 5.76 Å². The first kappa shape index (κ1) is 20.1. The molecule has 0 aromatic heterocycles. The molecule has 5 aliphatic heterocycles. The number of ether oxygens (including phenoxy) is 3. The zero-order valence-electron chi connectivity index (χ0n) is 18.4. The summed E-state index contributed by atoms with van der Waals surface area (Å²) in [5.41, 5.74) is 0.486. The number of aliphatic hydroxyl groups excluding tert-OH is 1. The highest BCUT2D eigenvalue weighted by Crippen LogP contribution is 2.53. The molecule has 164 valence electrons. The van der Waals surface area contributed by atoms with Crippen molar-refractivity contribution in [3.05, 3.63) is 34.7 Å². The number of allylic oxidation sites excluding steroid dienone is 1. The second-order valence-electron chi connectivity index (χ2n) is 9.55. The smallest absolute Gasteiger partial charge is 0.343 e. The number of hydrogen-bond donors (Lipinski definition) is 1. The molecule has 2 bridgehead atoms. The van der Waals surface area contributed by atoms with Crippen molar-refractivity contribution in [2.75, 3.05) is 7.11 Å². The standard InChI is InChI=1S/C24H33NO5/c1-5-17(26)20-14-6-8-15-9-11-18-19(16(10-7-14)25(15)20)12(2)22(29-18)23-21(28-4)13(3)24(27)30-23/h11-12,14-17,19-20,26H,5-10H2,1-4H3. The Morgan fingerprint density at radius 1 is 1.27 bits per heavy atom. The van der Waals surface area contributed by atoms with Gasteiger partial charge in [-0.1, -0.05) is 13.8 Å². The summed E-state index contributed by atoms with van der Waals surface area (Å²) in [4.78, 5) is 14.8. The van der Waals surface area contributed by atoms with Crippen LogP contribution < -0.4 is 0 Å². The van der Waals surface area contributed by atoms with Gasteiger partial charge in [0.15, 0.2) is 11.5 Å². The summed E-state index contributed by atoms with van der Waals surface area (Å²) in [6.07, 6.45) is 8.41. The van der Waals surface area contributed by atoms with Crippen molar-refractivity contribution in [2.45, 2.75) is 83.5 Å². The van der Waals surface area contributed by atoms with Gasteiger partial charge in [-0.15, -0.1) is 0 Å². The second kappa shape index (κ2) is 7.41. The number of carbonyl (C=O) groups is 1. The number of nitrogens with zero attached hydrogens (tertiary/aromatic N) is 1. The third kappa shape index (κ3) is 2.79. The van der Waals surface area contributed by atoms with Crippen LogP contribution in [0.2, 0.25) is 0 Å². The summed E-state index contributed by atoms with van der Waals surface area (Å²) in [5.74, 6) is 3.15. The Labute approximate surface area is 178 Å². The topological polar surface area (TPSA) is 68.2 Å². The largest absolute Gasteiger partial charge is 0.492 e. The molecular formula is C24H33NO5. The minimum atomic E-state index is -0.367. The van der Waals surface area contributed by atoms with Crippen molar-refractivity contribution in [1.82, 2.24) is 4.90 Å². The van der Waals surface area contributed by atoms with Crippen molar-refractivity contribution in [1.29, 1.82) is 0 Å². The lowest BCUT2D eigenvalue weighted by Crippen LogP contribution is -2.63. The summed E-state index contributed by atoms with van der Waals surface area (Å²) < 4.78 is 17.5. The van der Waals surface area contributed by atoms with Gasteiger partial charge in [0, 0.05) is 30.0 Å². The highest BCUT2D eigenvalue weighted by molar-refractivity contribution is 5.93. The molecule has 0 spiro atoms. The maximum Gasteiger partial charge on any atom is 0.343 e. The third-order valence-electron chi connectivity index (χ3n) is 8.14. The SMILES string of the molecule is CCC(O)C1C2CCC3CC=C4OC(=C5OC(=O)C(C)=C5OC)C(C)C4C(CC2)N31. The average Bonchev–Trinajstić information content (AvgIpc) is 3.14. The van der Waals surface area contributed by atoms with Crippen LogP contribution >= 0.6 is 0 Å². The quantitative estimate of drug-likeness (QED) is 0.710. The molecule has 5 rings (SSSR count). The first-order valence-corrected chi connectivity index (χ1v) is 11.5. The lowest BCUT2D eigenvalue weighted by Gasteiger charge is -2.56. The molecule has 5 aliphatic rings. The fourth-order valence-corrected chi connectivity index (χ4v) is 6.70. The van der Waals surface area contributed by atoms with E-state index in [-0.39, 0.29) is 30.0 Å². The monoisotopic (exact) mass is 415 g/mol. The molecule has 3 fully saturated rings. The lowest BCUT2D eigenvalue weighted by molar-refractivity contribution is -0.133. The van der Waals surface area contributed by atoms with Crippen molar-refractivity contribution >= 4 is 5.97 Å². The van der Waals surface area contributed by atoms with Gasteiger partial charge in [0.1, 0.15) is 5.76 Å². The van der Waals surface area contributed by atoms with E-state index in [4.69, 9.17) is 14.2 Å². The van der Waals surface area contributed by atoms with Gasteiger partial charge < -0.3 is 19.3 Å². The van der Waals surface area contributed by atoms with E-state index in [1.165, 1.54) is 12.8 Å². The number of carbonyl (C=O) groups excluding carboxylic acids is 1. The molecule has 5 heterocycles. The van der Waals surface area contributed by atoms with Crippen LogP contribution in [0.5, 0.6) is 0 Å².